The third-order valence-corrected chi connectivity index (χ3v) is 2.29. The van der Waals surface area contributed by atoms with Crippen LogP contribution < -0.4 is 0 Å². The van der Waals surface area contributed by atoms with Crippen molar-refractivity contribution < 1.29 is 14.3 Å². The van der Waals surface area contributed by atoms with E-state index in [4.69, 9.17) is 9.47 Å². The Bertz CT molecular complexity index is 381. The summed E-state index contributed by atoms with van der Waals surface area (Å²) in [6, 6.07) is 9.92. The van der Waals surface area contributed by atoms with Crippen molar-refractivity contribution in [1.82, 2.24) is 0 Å². The van der Waals surface area contributed by atoms with Gasteiger partial charge in [-0.05, 0) is 5.56 Å². The molecule has 1 unspecified atom stereocenters. The Morgan fingerprint density at radius 2 is 2.07 bits per heavy atom. The fourth-order valence-electron chi connectivity index (χ4n) is 1.60. The number of ether oxygens (including phenoxy) is 2. The molecule has 3 heteroatoms. The summed E-state index contributed by atoms with van der Waals surface area (Å²) in [4.78, 5) is 11.0. The Kier molecular flexibility index (Phi) is 2.83. The molecule has 78 valence electrons. The van der Waals surface area contributed by atoms with Gasteiger partial charge in [0.05, 0.1) is 0 Å². The first-order valence-electron chi connectivity index (χ1n) is 4.77. The van der Waals surface area contributed by atoms with Crippen LogP contribution in [0.15, 0.2) is 42.0 Å². The highest BCUT2D eigenvalue weighted by Crippen LogP contribution is 2.20. The minimum absolute atomic E-state index is 0.326. The van der Waals surface area contributed by atoms with Gasteiger partial charge in [0.15, 0.2) is 0 Å². The Morgan fingerprint density at radius 3 is 2.73 bits per heavy atom. The third-order valence-electron chi connectivity index (χ3n) is 2.29. The summed E-state index contributed by atoms with van der Waals surface area (Å²) in [6.07, 6.45) is 1.67. The van der Waals surface area contributed by atoms with E-state index in [0.717, 1.165) is 11.1 Å². The van der Waals surface area contributed by atoms with Crippen molar-refractivity contribution in [3.8, 4) is 0 Å². The number of methoxy groups -OCH3 is 1. The first-order valence-corrected chi connectivity index (χ1v) is 4.77. The lowest BCUT2D eigenvalue weighted by molar-refractivity contribution is -0.155. The van der Waals surface area contributed by atoms with E-state index in [1.54, 1.807) is 0 Å². The monoisotopic (exact) mass is 204 g/mol. The molecule has 0 saturated carbocycles. The molecule has 0 aliphatic carbocycles. The van der Waals surface area contributed by atoms with Crippen LogP contribution in [-0.2, 0) is 20.7 Å². The smallest absolute Gasteiger partial charge is 0.333 e. The zero-order valence-electron chi connectivity index (χ0n) is 8.47. The van der Waals surface area contributed by atoms with Crippen LogP contribution >= 0.6 is 0 Å². The van der Waals surface area contributed by atoms with Gasteiger partial charge in [-0.2, -0.15) is 0 Å². The summed E-state index contributed by atoms with van der Waals surface area (Å²) in [6.45, 7) is 0. The number of rotatable bonds is 3. The lowest BCUT2D eigenvalue weighted by Gasteiger charge is -2.11. The van der Waals surface area contributed by atoms with Crippen molar-refractivity contribution in [3.63, 3.8) is 0 Å². The lowest BCUT2D eigenvalue weighted by Crippen LogP contribution is -2.15. The molecule has 0 N–H and O–H groups in total. The molecule has 1 aliphatic heterocycles. The molecular formula is C12H12O3. The Morgan fingerprint density at radius 1 is 1.33 bits per heavy atom. The summed E-state index contributed by atoms with van der Waals surface area (Å²) in [5.74, 6) is -0.326. The van der Waals surface area contributed by atoms with Crippen molar-refractivity contribution in [2.45, 2.75) is 12.7 Å². The van der Waals surface area contributed by atoms with Crippen LogP contribution in [0.25, 0.3) is 0 Å². The fourth-order valence-corrected chi connectivity index (χ4v) is 1.60. The minimum Gasteiger partial charge on any atom is -0.428 e. The largest absolute Gasteiger partial charge is 0.428 e. The SMILES string of the molecule is COC1OC(=O)C=C1Cc1ccccc1. The number of esters is 1. The minimum atomic E-state index is -0.516. The molecule has 1 aliphatic rings. The molecule has 0 saturated heterocycles. The third kappa shape index (κ3) is 2.25. The van der Waals surface area contributed by atoms with Crippen LogP contribution in [0.1, 0.15) is 5.56 Å². The zero-order valence-corrected chi connectivity index (χ0v) is 8.47. The molecule has 0 radical (unpaired) electrons. The van der Waals surface area contributed by atoms with Gasteiger partial charge in [0.2, 0.25) is 6.29 Å². The standard InChI is InChI=1S/C12H12O3/c1-14-12-10(8-11(13)15-12)7-9-5-3-2-4-6-9/h2-6,8,12H,7H2,1H3. The molecule has 2 rings (SSSR count). The summed E-state index contributed by atoms with van der Waals surface area (Å²) in [5, 5.41) is 0. The van der Waals surface area contributed by atoms with Crippen LogP contribution in [0.4, 0.5) is 0 Å². The van der Waals surface area contributed by atoms with E-state index in [9.17, 15) is 4.79 Å². The molecule has 0 bridgehead atoms. The number of hydrogen-bond acceptors (Lipinski definition) is 3. The predicted molar refractivity (Wildman–Crippen MR) is 55.1 cm³/mol. The van der Waals surface area contributed by atoms with Crippen molar-refractivity contribution in [3.05, 3.63) is 47.5 Å². The van der Waals surface area contributed by atoms with Crippen molar-refractivity contribution in [2.75, 3.05) is 7.11 Å². The normalized spacial score (nSPS) is 19.9. The first kappa shape index (κ1) is 9.93. The van der Waals surface area contributed by atoms with Gasteiger partial charge >= 0.3 is 5.97 Å². The second kappa shape index (κ2) is 4.28. The van der Waals surface area contributed by atoms with E-state index >= 15 is 0 Å². The predicted octanol–water partition coefficient (Wildman–Crippen LogP) is 1.68. The highest BCUT2D eigenvalue weighted by atomic mass is 16.7. The molecule has 0 fully saturated rings. The highest BCUT2D eigenvalue weighted by molar-refractivity contribution is 5.85. The van der Waals surface area contributed by atoms with Crippen LogP contribution in [0.3, 0.4) is 0 Å². The average Bonchev–Trinajstić information content (AvgIpc) is 2.60. The second-order valence-electron chi connectivity index (χ2n) is 3.39. The van der Waals surface area contributed by atoms with E-state index in [-0.39, 0.29) is 5.97 Å². The lowest BCUT2D eigenvalue weighted by atomic mass is 10.1. The van der Waals surface area contributed by atoms with Crippen molar-refractivity contribution in [2.24, 2.45) is 0 Å². The number of cyclic esters (lactones) is 1. The molecular weight excluding hydrogens is 192 g/mol. The van der Waals surface area contributed by atoms with E-state index in [1.807, 2.05) is 30.3 Å². The summed E-state index contributed by atoms with van der Waals surface area (Å²) >= 11 is 0. The summed E-state index contributed by atoms with van der Waals surface area (Å²) in [5.41, 5.74) is 2.01. The molecule has 3 nitrogen and oxygen atoms in total. The van der Waals surface area contributed by atoms with Crippen LogP contribution in [0, 0.1) is 0 Å². The molecule has 0 aromatic heterocycles. The highest BCUT2D eigenvalue weighted by Gasteiger charge is 2.25. The fraction of sp³-hybridized carbons (Fsp3) is 0.250. The molecule has 0 spiro atoms. The van der Waals surface area contributed by atoms with E-state index in [1.165, 1.54) is 13.2 Å². The van der Waals surface area contributed by atoms with Gasteiger partial charge in [0.25, 0.3) is 0 Å². The maximum absolute atomic E-state index is 11.0. The van der Waals surface area contributed by atoms with E-state index in [2.05, 4.69) is 0 Å². The zero-order chi connectivity index (χ0) is 10.7. The Labute approximate surface area is 88.3 Å². The van der Waals surface area contributed by atoms with Gasteiger partial charge in [-0.3, -0.25) is 0 Å². The molecule has 1 aromatic carbocycles. The molecule has 1 aromatic rings. The summed E-state index contributed by atoms with van der Waals surface area (Å²) < 4.78 is 10.00. The first-order chi connectivity index (χ1) is 7.29. The molecule has 0 amide bonds. The molecule has 1 heterocycles. The number of carbonyl (C=O) groups excluding carboxylic acids is 1. The van der Waals surface area contributed by atoms with Crippen LogP contribution in [-0.4, -0.2) is 19.4 Å². The van der Waals surface area contributed by atoms with Crippen LogP contribution in [0.2, 0.25) is 0 Å². The summed E-state index contributed by atoms with van der Waals surface area (Å²) in [7, 11) is 1.53. The van der Waals surface area contributed by atoms with Gasteiger partial charge in [0.1, 0.15) is 0 Å². The molecule has 1 atom stereocenters. The van der Waals surface area contributed by atoms with Gasteiger partial charge in [-0.15, -0.1) is 0 Å². The molecule has 15 heavy (non-hydrogen) atoms. The quantitative estimate of drug-likeness (QED) is 0.703. The van der Waals surface area contributed by atoms with Crippen molar-refractivity contribution in [1.29, 1.82) is 0 Å². The Hall–Kier alpha value is -1.61. The van der Waals surface area contributed by atoms with E-state index < -0.39 is 6.29 Å². The second-order valence-corrected chi connectivity index (χ2v) is 3.39. The topological polar surface area (TPSA) is 35.5 Å². The number of carbonyl (C=O) groups is 1. The Balaban J connectivity index is 2.12. The number of benzene rings is 1. The van der Waals surface area contributed by atoms with Crippen molar-refractivity contribution >= 4 is 5.97 Å². The number of hydrogen-bond donors (Lipinski definition) is 0. The maximum atomic E-state index is 11.0. The van der Waals surface area contributed by atoms with Gasteiger partial charge in [-0.1, -0.05) is 30.3 Å². The van der Waals surface area contributed by atoms with Crippen LogP contribution in [0.5, 0.6) is 0 Å². The average molecular weight is 204 g/mol. The maximum Gasteiger partial charge on any atom is 0.333 e. The van der Waals surface area contributed by atoms with E-state index in [0.29, 0.717) is 6.42 Å². The van der Waals surface area contributed by atoms with Gasteiger partial charge in [-0.25, -0.2) is 4.79 Å². The van der Waals surface area contributed by atoms with Gasteiger partial charge < -0.3 is 9.47 Å². The van der Waals surface area contributed by atoms with Gasteiger partial charge in [0, 0.05) is 25.2 Å².